The smallest absolute Gasteiger partial charge is 0.335 e. The lowest BCUT2D eigenvalue weighted by atomic mass is 9.77. The van der Waals surface area contributed by atoms with Crippen LogP contribution in [0, 0.1) is 5.92 Å². The van der Waals surface area contributed by atoms with Crippen molar-refractivity contribution in [2.45, 2.75) is 44.9 Å². The molecule has 0 saturated heterocycles. The molecule has 2 rings (SSSR count). The molecule has 1 atom stereocenters. The van der Waals surface area contributed by atoms with Crippen LogP contribution in [-0.4, -0.2) is 11.1 Å². The lowest BCUT2D eigenvalue weighted by Crippen LogP contribution is -2.14. The standard InChI is InChI=1S/C15H20O2/c1-11(12-6-3-2-4-7-12)13-8-5-9-14(10-13)15(16)17/h5,8-12H,2-4,6-7H2,1H3,(H,16,17). The molecule has 1 aliphatic carbocycles. The zero-order valence-corrected chi connectivity index (χ0v) is 10.4. The van der Waals surface area contributed by atoms with Crippen LogP contribution in [0.4, 0.5) is 0 Å². The number of hydrogen-bond donors (Lipinski definition) is 1. The maximum Gasteiger partial charge on any atom is 0.335 e. The summed E-state index contributed by atoms with van der Waals surface area (Å²) in [5.41, 5.74) is 1.59. The van der Waals surface area contributed by atoms with E-state index in [0.717, 1.165) is 5.92 Å². The average Bonchev–Trinajstić information content (AvgIpc) is 2.39. The number of benzene rings is 1. The lowest BCUT2D eigenvalue weighted by molar-refractivity contribution is 0.0696. The van der Waals surface area contributed by atoms with Crippen molar-refractivity contribution in [1.82, 2.24) is 0 Å². The number of carbonyl (C=O) groups is 1. The zero-order chi connectivity index (χ0) is 12.3. The Bertz CT molecular complexity index is 392. The third-order valence-corrected chi connectivity index (χ3v) is 4.02. The van der Waals surface area contributed by atoms with Gasteiger partial charge in [0.2, 0.25) is 0 Å². The molecule has 1 saturated carbocycles. The van der Waals surface area contributed by atoms with Crippen LogP contribution in [0.25, 0.3) is 0 Å². The molecule has 0 bridgehead atoms. The minimum Gasteiger partial charge on any atom is -0.478 e. The van der Waals surface area contributed by atoms with E-state index >= 15 is 0 Å². The van der Waals surface area contributed by atoms with Crippen molar-refractivity contribution in [1.29, 1.82) is 0 Å². The van der Waals surface area contributed by atoms with E-state index in [1.165, 1.54) is 37.7 Å². The number of rotatable bonds is 3. The van der Waals surface area contributed by atoms with Gasteiger partial charge in [-0.1, -0.05) is 38.3 Å². The summed E-state index contributed by atoms with van der Waals surface area (Å²) in [4.78, 5) is 11.0. The fourth-order valence-electron chi connectivity index (χ4n) is 2.86. The van der Waals surface area contributed by atoms with Gasteiger partial charge in [-0.25, -0.2) is 4.79 Å². The first-order valence-electron chi connectivity index (χ1n) is 6.51. The largest absolute Gasteiger partial charge is 0.478 e. The van der Waals surface area contributed by atoms with Crippen molar-refractivity contribution < 1.29 is 9.90 Å². The molecule has 0 spiro atoms. The van der Waals surface area contributed by atoms with Gasteiger partial charge in [-0.15, -0.1) is 0 Å². The van der Waals surface area contributed by atoms with Crippen LogP contribution < -0.4 is 0 Å². The van der Waals surface area contributed by atoms with Crippen molar-refractivity contribution in [3.8, 4) is 0 Å². The average molecular weight is 232 g/mol. The van der Waals surface area contributed by atoms with Gasteiger partial charge in [0.15, 0.2) is 0 Å². The minimum atomic E-state index is -0.831. The summed E-state index contributed by atoms with van der Waals surface area (Å²) >= 11 is 0. The predicted molar refractivity (Wildman–Crippen MR) is 68.4 cm³/mol. The molecule has 2 nitrogen and oxygen atoms in total. The maximum absolute atomic E-state index is 11.0. The van der Waals surface area contributed by atoms with Gasteiger partial charge in [0, 0.05) is 0 Å². The molecule has 0 amide bonds. The highest BCUT2D eigenvalue weighted by Crippen LogP contribution is 2.35. The second-order valence-electron chi connectivity index (χ2n) is 5.12. The normalized spacial score (nSPS) is 18.9. The Hall–Kier alpha value is -1.31. The molecule has 1 aliphatic rings. The first-order valence-corrected chi connectivity index (χ1v) is 6.51. The van der Waals surface area contributed by atoms with Gasteiger partial charge < -0.3 is 5.11 Å². The molecule has 2 heteroatoms. The van der Waals surface area contributed by atoms with Crippen molar-refractivity contribution >= 4 is 5.97 Å². The second kappa shape index (κ2) is 5.35. The molecular weight excluding hydrogens is 212 g/mol. The van der Waals surface area contributed by atoms with Gasteiger partial charge >= 0.3 is 5.97 Å². The summed E-state index contributed by atoms with van der Waals surface area (Å²) in [6.07, 6.45) is 6.59. The van der Waals surface area contributed by atoms with E-state index < -0.39 is 5.97 Å². The van der Waals surface area contributed by atoms with Crippen LogP contribution >= 0.6 is 0 Å². The van der Waals surface area contributed by atoms with Crippen LogP contribution in [0.1, 0.15) is 60.9 Å². The molecule has 0 aliphatic heterocycles. The Morgan fingerprint density at radius 1 is 1.29 bits per heavy atom. The molecule has 17 heavy (non-hydrogen) atoms. The number of carboxylic acid groups (broad SMARTS) is 1. The fourth-order valence-corrected chi connectivity index (χ4v) is 2.86. The van der Waals surface area contributed by atoms with Crippen LogP contribution in [0.5, 0.6) is 0 Å². The first kappa shape index (κ1) is 12.2. The third kappa shape index (κ3) is 2.87. The summed E-state index contributed by atoms with van der Waals surface area (Å²) in [6.45, 7) is 2.23. The van der Waals surface area contributed by atoms with Gasteiger partial charge in [0.05, 0.1) is 5.56 Å². The zero-order valence-electron chi connectivity index (χ0n) is 10.4. The summed E-state index contributed by atoms with van der Waals surface area (Å²) in [6, 6.07) is 7.42. The van der Waals surface area contributed by atoms with E-state index in [2.05, 4.69) is 13.0 Å². The quantitative estimate of drug-likeness (QED) is 0.853. The number of aromatic carboxylic acids is 1. The van der Waals surface area contributed by atoms with E-state index in [1.54, 1.807) is 6.07 Å². The van der Waals surface area contributed by atoms with Crippen molar-refractivity contribution in [3.05, 3.63) is 35.4 Å². The summed E-state index contributed by atoms with van der Waals surface area (Å²) in [5, 5.41) is 9.00. The van der Waals surface area contributed by atoms with Crippen LogP contribution in [-0.2, 0) is 0 Å². The lowest BCUT2D eigenvalue weighted by Gasteiger charge is -2.28. The van der Waals surface area contributed by atoms with Crippen LogP contribution in [0.2, 0.25) is 0 Å². The topological polar surface area (TPSA) is 37.3 Å². The van der Waals surface area contributed by atoms with Gasteiger partial charge in [0.25, 0.3) is 0 Å². The summed E-state index contributed by atoms with van der Waals surface area (Å²) in [5.74, 6) is 0.380. The van der Waals surface area contributed by atoms with E-state index in [4.69, 9.17) is 5.11 Å². The Labute approximate surface area is 103 Å². The van der Waals surface area contributed by atoms with Gasteiger partial charge in [-0.2, -0.15) is 0 Å². The van der Waals surface area contributed by atoms with Crippen LogP contribution in [0.3, 0.4) is 0 Å². The van der Waals surface area contributed by atoms with Gasteiger partial charge in [-0.3, -0.25) is 0 Å². The summed E-state index contributed by atoms with van der Waals surface area (Å²) in [7, 11) is 0. The molecule has 1 unspecified atom stereocenters. The van der Waals surface area contributed by atoms with Crippen molar-refractivity contribution in [2.24, 2.45) is 5.92 Å². The highest BCUT2D eigenvalue weighted by Gasteiger charge is 2.21. The molecule has 0 aromatic heterocycles. The van der Waals surface area contributed by atoms with Gasteiger partial charge in [0.1, 0.15) is 0 Å². The molecule has 92 valence electrons. The maximum atomic E-state index is 11.0. The Balaban J connectivity index is 2.14. The third-order valence-electron chi connectivity index (χ3n) is 4.02. The van der Waals surface area contributed by atoms with E-state index in [1.807, 2.05) is 12.1 Å². The molecule has 1 fully saturated rings. The first-order chi connectivity index (χ1) is 8.18. The van der Waals surface area contributed by atoms with Crippen molar-refractivity contribution in [3.63, 3.8) is 0 Å². The number of carboxylic acids is 1. The molecule has 0 heterocycles. The Morgan fingerprint density at radius 2 is 2.00 bits per heavy atom. The molecule has 0 radical (unpaired) electrons. The number of hydrogen-bond acceptors (Lipinski definition) is 1. The van der Waals surface area contributed by atoms with Gasteiger partial charge in [-0.05, 0) is 42.4 Å². The Kier molecular flexibility index (Phi) is 3.82. The van der Waals surface area contributed by atoms with E-state index in [0.29, 0.717) is 11.5 Å². The SMILES string of the molecule is CC(c1cccc(C(=O)O)c1)C1CCCCC1. The Morgan fingerprint density at radius 3 is 2.65 bits per heavy atom. The fraction of sp³-hybridized carbons (Fsp3) is 0.533. The monoisotopic (exact) mass is 232 g/mol. The molecular formula is C15H20O2. The highest BCUT2D eigenvalue weighted by atomic mass is 16.4. The molecule has 1 aromatic rings. The van der Waals surface area contributed by atoms with Crippen molar-refractivity contribution in [2.75, 3.05) is 0 Å². The predicted octanol–water partition coefficient (Wildman–Crippen LogP) is 4.07. The van der Waals surface area contributed by atoms with E-state index in [-0.39, 0.29) is 0 Å². The second-order valence-corrected chi connectivity index (χ2v) is 5.12. The summed E-state index contributed by atoms with van der Waals surface area (Å²) < 4.78 is 0. The van der Waals surface area contributed by atoms with E-state index in [9.17, 15) is 4.79 Å². The highest BCUT2D eigenvalue weighted by molar-refractivity contribution is 5.87. The molecule has 1 N–H and O–H groups in total. The van der Waals surface area contributed by atoms with Crippen LogP contribution in [0.15, 0.2) is 24.3 Å². The molecule has 1 aromatic carbocycles. The minimum absolute atomic E-state index is 0.408.